The molecule has 1 N–H and O–H groups in total. The van der Waals surface area contributed by atoms with E-state index in [0.29, 0.717) is 5.57 Å². The summed E-state index contributed by atoms with van der Waals surface area (Å²) in [5.41, 5.74) is 4.08. The van der Waals surface area contributed by atoms with Gasteiger partial charge in [-0.2, -0.15) is 0 Å². The Balaban J connectivity index is 1.80. The Morgan fingerprint density at radius 3 is 2.77 bits per heavy atom. The van der Waals surface area contributed by atoms with Gasteiger partial charge in [0.15, 0.2) is 0 Å². The van der Waals surface area contributed by atoms with E-state index in [4.69, 9.17) is 0 Å². The molecule has 0 bridgehead atoms. The number of nitrogens with zero attached hydrogens (tertiary/aromatic N) is 3. The Kier molecular flexibility index (Phi) is 4.20. The van der Waals surface area contributed by atoms with Crippen molar-refractivity contribution in [2.24, 2.45) is 0 Å². The minimum absolute atomic E-state index is 0.295. The van der Waals surface area contributed by atoms with Crippen LogP contribution in [0.5, 0.6) is 0 Å². The van der Waals surface area contributed by atoms with E-state index in [1.165, 1.54) is 4.90 Å². The van der Waals surface area contributed by atoms with E-state index in [-0.39, 0.29) is 6.04 Å². The van der Waals surface area contributed by atoms with Crippen LogP contribution in [0.15, 0.2) is 76.7 Å². The third-order valence-corrected chi connectivity index (χ3v) is 5.84. The highest BCUT2D eigenvalue weighted by Gasteiger charge is 2.36. The molecule has 0 aliphatic carbocycles. The smallest absolute Gasteiger partial charge is 0.335 e. The predicted octanol–water partition coefficient (Wildman–Crippen LogP) is 4.10. The molecular weight excluding hydrogens is 346 g/mol. The van der Waals surface area contributed by atoms with Crippen molar-refractivity contribution in [3.05, 3.63) is 71.8 Å². The van der Waals surface area contributed by atoms with Gasteiger partial charge in [-0.1, -0.05) is 12.1 Å². The lowest BCUT2D eigenvalue weighted by Crippen LogP contribution is -2.42. The van der Waals surface area contributed by atoms with Crippen LogP contribution in [0.2, 0.25) is 0 Å². The maximum atomic E-state index is 12.2. The normalized spacial score (nSPS) is 19.5. The quantitative estimate of drug-likeness (QED) is 0.884. The average Bonchev–Trinajstić information content (AvgIpc) is 3.05. The summed E-state index contributed by atoms with van der Waals surface area (Å²) in [7, 11) is 0. The van der Waals surface area contributed by atoms with Gasteiger partial charge in [0, 0.05) is 22.5 Å². The van der Waals surface area contributed by atoms with Gasteiger partial charge >= 0.3 is 5.97 Å². The van der Waals surface area contributed by atoms with Gasteiger partial charge in [0.05, 0.1) is 35.1 Å². The van der Waals surface area contributed by atoms with Crippen molar-refractivity contribution < 1.29 is 9.90 Å². The number of carboxylic acid groups (broad SMARTS) is 1. The van der Waals surface area contributed by atoms with Crippen molar-refractivity contribution in [1.29, 1.82) is 0 Å². The number of aromatic nitrogens is 1. The number of rotatable bonds is 3. The van der Waals surface area contributed by atoms with Gasteiger partial charge in [-0.25, -0.2) is 4.79 Å². The van der Waals surface area contributed by atoms with Crippen molar-refractivity contribution in [1.82, 2.24) is 4.98 Å². The first-order valence-electron chi connectivity index (χ1n) is 8.39. The summed E-state index contributed by atoms with van der Waals surface area (Å²) >= 11 is 1.74. The second-order valence-electron chi connectivity index (χ2n) is 6.31. The lowest BCUT2D eigenvalue weighted by molar-refractivity contribution is -0.132. The molecule has 0 fully saturated rings. The Bertz CT molecular complexity index is 924. The summed E-state index contributed by atoms with van der Waals surface area (Å²) in [5.74, 6) is -0.149. The third-order valence-electron chi connectivity index (χ3n) is 4.78. The third kappa shape index (κ3) is 2.66. The first kappa shape index (κ1) is 16.7. The molecule has 0 amide bonds. The van der Waals surface area contributed by atoms with Crippen LogP contribution in [0.25, 0.3) is 0 Å². The maximum Gasteiger partial charge on any atom is 0.335 e. The zero-order valence-corrected chi connectivity index (χ0v) is 15.4. The number of aliphatic carboxylic acids is 1. The minimum Gasteiger partial charge on any atom is -0.478 e. The molecule has 0 saturated heterocycles. The van der Waals surface area contributed by atoms with E-state index in [9.17, 15) is 9.90 Å². The summed E-state index contributed by atoms with van der Waals surface area (Å²) in [6.45, 7) is 3.88. The Morgan fingerprint density at radius 2 is 2.04 bits per heavy atom. The van der Waals surface area contributed by atoms with Crippen molar-refractivity contribution in [3.63, 3.8) is 0 Å². The first-order valence-corrected chi connectivity index (χ1v) is 9.37. The molecule has 4 rings (SSSR count). The number of benzene rings is 1. The lowest BCUT2D eigenvalue weighted by atomic mass is 9.96. The van der Waals surface area contributed by atoms with Crippen molar-refractivity contribution in [3.8, 4) is 0 Å². The zero-order chi connectivity index (χ0) is 18.3. The van der Waals surface area contributed by atoms with Crippen LogP contribution in [0.4, 0.5) is 11.4 Å². The van der Waals surface area contributed by atoms with E-state index in [1.807, 2.05) is 49.1 Å². The average molecular weight is 365 g/mol. The topological polar surface area (TPSA) is 56.7 Å². The van der Waals surface area contributed by atoms with E-state index in [2.05, 4.69) is 22.0 Å². The molecule has 2 aliphatic heterocycles. The Labute approximate surface area is 156 Å². The van der Waals surface area contributed by atoms with Crippen LogP contribution in [0.3, 0.4) is 0 Å². The molecule has 3 heterocycles. The summed E-state index contributed by atoms with van der Waals surface area (Å²) < 4.78 is 0. The maximum absolute atomic E-state index is 12.2. The summed E-state index contributed by atoms with van der Waals surface area (Å²) in [6, 6.07) is 11.6. The number of thioether (sulfide) groups is 1. The number of hydrogen-bond donors (Lipinski definition) is 1. The number of anilines is 2. The lowest BCUT2D eigenvalue weighted by Gasteiger charge is -2.38. The molecule has 132 valence electrons. The molecule has 2 aromatic rings. The second-order valence-corrected chi connectivity index (χ2v) is 7.30. The van der Waals surface area contributed by atoms with Crippen molar-refractivity contribution >= 4 is 29.1 Å². The van der Waals surface area contributed by atoms with E-state index in [0.717, 1.165) is 28.6 Å². The molecule has 0 radical (unpaired) electrons. The van der Waals surface area contributed by atoms with Gasteiger partial charge < -0.3 is 14.9 Å². The number of pyridine rings is 1. The molecule has 2 aliphatic rings. The molecule has 0 saturated carbocycles. The number of fused-ring (bicyclic) bond motifs is 1. The number of allylic oxidation sites excluding steroid dienone is 2. The van der Waals surface area contributed by atoms with E-state index >= 15 is 0 Å². The molecule has 1 unspecified atom stereocenters. The van der Waals surface area contributed by atoms with Crippen LogP contribution < -0.4 is 9.80 Å². The molecule has 0 spiro atoms. The second kappa shape index (κ2) is 6.53. The molecular formula is C20H19N3O2S. The summed E-state index contributed by atoms with van der Waals surface area (Å²) in [4.78, 5) is 21.7. The van der Waals surface area contributed by atoms with Gasteiger partial charge in [-0.05, 0) is 44.2 Å². The predicted molar refractivity (Wildman–Crippen MR) is 104 cm³/mol. The first-order chi connectivity index (χ1) is 12.6. The highest BCUT2D eigenvalue weighted by Crippen LogP contribution is 2.43. The van der Waals surface area contributed by atoms with Crippen LogP contribution in [-0.4, -0.2) is 28.0 Å². The van der Waals surface area contributed by atoms with Gasteiger partial charge in [-0.15, -0.1) is 11.8 Å². The monoisotopic (exact) mass is 365 g/mol. The molecule has 26 heavy (non-hydrogen) atoms. The number of hydrogen-bond acceptors (Lipinski definition) is 5. The summed E-state index contributed by atoms with van der Waals surface area (Å²) in [5, 5.41) is 9.98. The van der Waals surface area contributed by atoms with E-state index in [1.54, 1.807) is 24.2 Å². The van der Waals surface area contributed by atoms with Gasteiger partial charge in [-0.3, -0.25) is 4.98 Å². The van der Waals surface area contributed by atoms with Gasteiger partial charge in [0.25, 0.3) is 0 Å². The van der Waals surface area contributed by atoms with Crippen molar-refractivity contribution in [2.45, 2.75) is 24.8 Å². The molecule has 5 nitrogen and oxygen atoms in total. The number of carboxylic acids is 1. The molecule has 1 aromatic heterocycles. The minimum atomic E-state index is -0.889. The largest absolute Gasteiger partial charge is 0.478 e. The number of para-hydroxylation sites is 1. The fourth-order valence-electron chi connectivity index (χ4n) is 3.65. The standard InChI is InChI=1S/C20H19N3O2S/c1-13-10-17(22-12-26-18-8-4-3-7-16(18)22)19(20(24)25)14(2)23(13)15-6-5-9-21-11-15/h3-11,17H,12H2,1-2H3,(H,24,25). The number of carbonyl (C=O) groups is 1. The summed E-state index contributed by atoms with van der Waals surface area (Å²) in [6.07, 6.45) is 5.50. The SMILES string of the molecule is CC1=CC(N2CSc3ccccc32)C(C(=O)O)=C(C)N1c1cccnc1. The van der Waals surface area contributed by atoms with Crippen molar-refractivity contribution in [2.75, 3.05) is 15.7 Å². The van der Waals surface area contributed by atoms with Crippen LogP contribution in [0, 0.1) is 0 Å². The zero-order valence-electron chi connectivity index (χ0n) is 14.6. The Morgan fingerprint density at radius 1 is 1.23 bits per heavy atom. The van der Waals surface area contributed by atoms with E-state index < -0.39 is 5.97 Å². The van der Waals surface area contributed by atoms with Gasteiger partial charge in [0.1, 0.15) is 0 Å². The fraction of sp³-hybridized carbons (Fsp3) is 0.200. The molecule has 6 heteroatoms. The molecule has 1 aromatic carbocycles. The van der Waals surface area contributed by atoms with Crippen LogP contribution in [0.1, 0.15) is 13.8 Å². The van der Waals surface area contributed by atoms with Crippen LogP contribution in [-0.2, 0) is 4.79 Å². The molecule has 1 atom stereocenters. The fourth-order valence-corrected chi connectivity index (χ4v) is 4.74. The van der Waals surface area contributed by atoms with Gasteiger partial charge in [0.2, 0.25) is 0 Å². The van der Waals surface area contributed by atoms with Crippen LogP contribution >= 0.6 is 11.8 Å². The highest BCUT2D eigenvalue weighted by atomic mass is 32.2. The Hall–Kier alpha value is -2.73. The highest BCUT2D eigenvalue weighted by molar-refractivity contribution is 7.99.